The molecule has 0 aromatic rings. The van der Waals surface area contributed by atoms with E-state index in [1.807, 2.05) is 33.9 Å². The van der Waals surface area contributed by atoms with Gasteiger partial charge in [0.25, 0.3) is 0 Å². The maximum absolute atomic E-state index is 11.3. The first-order valence-corrected chi connectivity index (χ1v) is 5.86. The van der Waals surface area contributed by atoms with Crippen molar-refractivity contribution in [1.29, 1.82) is 0 Å². The summed E-state index contributed by atoms with van der Waals surface area (Å²) in [4.78, 5) is 11.3. The molecule has 0 radical (unpaired) electrons. The third kappa shape index (κ3) is 4.56. The van der Waals surface area contributed by atoms with E-state index >= 15 is 0 Å². The molecule has 1 nitrogen and oxygen atoms in total. The molecular formula is C6H15NaOSi. The Balaban J connectivity index is 0. The predicted molar refractivity (Wildman–Crippen MR) is 37.2 cm³/mol. The molecule has 0 atom stereocenters. The molecule has 0 aliphatic carbocycles. The van der Waals surface area contributed by atoms with E-state index in [1.54, 1.807) is 0 Å². The summed E-state index contributed by atoms with van der Waals surface area (Å²) in [6, 6.07) is 0. The van der Waals surface area contributed by atoms with E-state index < -0.39 is 8.32 Å². The molecule has 0 saturated heterocycles. The number of hydrogen-bond donors (Lipinski definition) is 0. The van der Waals surface area contributed by atoms with Crippen molar-refractivity contribution in [3.05, 3.63) is 0 Å². The van der Waals surface area contributed by atoms with Crippen molar-refractivity contribution in [3.8, 4) is 0 Å². The normalized spacial score (nSPS) is 12.7. The van der Waals surface area contributed by atoms with Gasteiger partial charge in [-0.05, 0) is 8.32 Å². The number of rotatable bonds is 0. The van der Waals surface area contributed by atoms with E-state index in [9.17, 15) is 4.80 Å². The molecule has 0 fully saturated rings. The molecule has 3 heteroatoms. The molecule has 0 saturated carbocycles. The van der Waals surface area contributed by atoms with Gasteiger partial charge in [0.2, 0.25) is 0 Å². The second kappa shape index (κ2) is 3.53. The Kier molecular flexibility index (Phi) is 5.03. The van der Waals surface area contributed by atoms with Gasteiger partial charge >= 0.3 is 29.6 Å². The van der Waals surface area contributed by atoms with Gasteiger partial charge in [-0.3, -0.25) is 0 Å². The molecule has 0 unspecified atom stereocenters. The van der Waals surface area contributed by atoms with Gasteiger partial charge in [0.05, 0.1) is 0 Å². The summed E-state index contributed by atoms with van der Waals surface area (Å²) in [5.74, 6) is 0. The average Bonchev–Trinajstić information content (AvgIpc) is 1.25. The molecule has 50 valence electrons. The van der Waals surface area contributed by atoms with Crippen LogP contribution in [0.25, 0.3) is 0 Å². The van der Waals surface area contributed by atoms with Crippen LogP contribution in [0.3, 0.4) is 0 Å². The second-order valence-corrected chi connectivity index (χ2v) is 8.28. The zero-order chi connectivity index (χ0) is 7.00. The van der Waals surface area contributed by atoms with Gasteiger partial charge < -0.3 is 4.80 Å². The van der Waals surface area contributed by atoms with Crippen LogP contribution in [0.5, 0.6) is 0 Å². The summed E-state index contributed by atoms with van der Waals surface area (Å²) in [5, 5.41) is 0.0208. The molecule has 0 aliphatic rings. The fraction of sp³-hybridized carbons (Fsp3) is 1.00. The third-order valence-corrected chi connectivity index (χ3v) is 5.42. The number of hydrogen-bond acceptors (Lipinski definition) is 1. The van der Waals surface area contributed by atoms with Crippen molar-refractivity contribution in [3.63, 3.8) is 0 Å². The van der Waals surface area contributed by atoms with Gasteiger partial charge in [-0.2, -0.15) is 0 Å². The summed E-state index contributed by atoms with van der Waals surface area (Å²) in [5.41, 5.74) is 0. The molecule has 0 bridgehead atoms. The molecule has 0 N–H and O–H groups in total. The molecule has 0 aromatic heterocycles. The molecule has 0 amide bonds. The Morgan fingerprint density at radius 1 is 1.11 bits per heavy atom. The average molecular weight is 154 g/mol. The van der Waals surface area contributed by atoms with E-state index in [0.717, 1.165) is 0 Å². The smallest absolute Gasteiger partial charge is 0.858 e. The van der Waals surface area contributed by atoms with Gasteiger partial charge in [0, 0.05) is 0 Å². The van der Waals surface area contributed by atoms with Crippen molar-refractivity contribution in [2.75, 3.05) is 0 Å². The van der Waals surface area contributed by atoms with Crippen LogP contribution in [0.1, 0.15) is 20.8 Å². The molecule has 9 heavy (non-hydrogen) atoms. The van der Waals surface area contributed by atoms with Crippen molar-refractivity contribution in [2.24, 2.45) is 0 Å². The first-order valence-electron chi connectivity index (χ1n) is 2.95. The zero-order valence-electron chi connectivity index (χ0n) is 7.41. The third-order valence-electron chi connectivity index (χ3n) is 1.81. The van der Waals surface area contributed by atoms with E-state index in [0.29, 0.717) is 0 Å². The zero-order valence-corrected chi connectivity index (χ0v) is 10.4. The van der Waals surface area contributed by atoms with Crippen molar-refractivity contribution in [1.82, 2.24) is 0 Å². The summed E-state index contributed by atoms with van der Waals surface area (Å²) < 4.78 is 0. The Labute approximate surface area is 81.3 Å². The Morgan fingerprint density at radius 3 is 1.22 bits per heavy atom. The quantitative estimate of drug-likeness (QED) is 0.384. The van der Waals surface area contributed by atoms with Crippen LogP contribution in [0.4, 0.5) is 0 Å². The molecule has 0 rings (SSSR count). The van der Waals surface area contributed by atoms with E-state index in [-0.39, 0.29) is 34.6 Å². The van der Waals surface area contributed by atoms with Gasteiger partial charge in [0.1, 0.15) is 0 Å². The Hall–Kier alpha value is 1.18. The van der Waals surface area contributed by atoms with Crippen LogP contribution >= 0.6 is 0 Å². The van der Waals surface area contributed by atoms with Crippen molar-refractivity contribution < 1.29 is 34.4 Å². The summed E-state index contributed by atoms with van der Waals surface area (Å²) in [6.07, 6.45) is 0. The SMILES string of the molecule is CC(C)(C)[Si](C)(C)[O-].[Na+]. The molecule has 0 aromatic carbocycles. The van der Waals surface area contributed by atoms with Crippen LogP contribution in [0.2, 0.25) is 18.1 Å². The second-order valence-electron chi connectivity index (χ2n) is 3.76. The minimum Gasteiger partial charge on any atom is -0.858 e. The minimum atomic E-state index is -2.11. The summed E-state index contributed by atoms with van der Waals surface area (Å²) in [6.45, 7) is 9.77. The van der Waals surface area contributed by atoms with Crippen LogP contribution in [0.15, 0.2) is 0 Å². The van der Waals surface area contributed by atoms with E-state index in [2.05, 4.69) is 0 Å². The predicted octanol–water partition coefficient (Wildman–Crippen LogP) is -1.64. The van der Waals surface area contributed by atoms with Crippen molar-refractivity contribution >= 4 is 8.32 Å². The minimum absolute atomic E-state index is 0. The maximum Gasteiger partial charge on any atom is 1.00 e. The summed E-state index contributed by atoms with van der Waals surface area (Å²) in [7, 11) is -2.11. The maximum atomic E-state index is 11.3. The molecule has 0 spiro atoms. The Bertz CT molecular complexity index is 68.0. The largest absolute Gasteiger partial charge is 1.00 e. The van der Waals surface area contributed by atoms with E-state index in [1.165, 1.54) is 0 Å². The summed E-state index contributed by atoms with van der Waals surface area (Å²) >= 11 is 0. The van der Waals surface area contributed by atoms with Gasteiger partial charge in [0.15, 0.2) is 0 Å². The Morgan fingerprint density at radius 2 is 1.22 bits per heavy atom. The standard InChI is InChI=1S/C6H15OSi.Na/c1-6(2,3)8(4,5)7;/h1-5H3;/q-1;+1. The fourth-order valence-electron chi connectivity index (χ4n) is 0. The molecule has 0 heterocycles. The molecule has 0 aliphatic heterocycles. The van der Waals surface area contributed by atoms with Crippen molar-refractivity contribution in [2.45, 2.75) is 38.9 Å². The van der Waals surface area contributed by atoms with Gasteiger partial charge in [-0.25, -0.2) is 0 Å². The van der Waals surface area contributed by atoms with E-state index in [4.69, 9.17) is 0 Å². The first-order chi connectivity index (χ1) is 3.25. The van der Waals surface area contributed by atoms with Crippen LogP contribution < -0.4 is 34.4 Å². The topological polar surface area (TPSA) is 23.1 Å². The first kappa shape index (κ1) is 12.8. The van der Waals surface area contributed by atoms with Crippen LogP contribution in [0, 0.1) is 0 Å². The molecular weight excluding hydrogens is 139 g/mol. The van der Waals surface area contributed by atoms with Gasteiger partial charge in [-0.15, -0.1) is 0 Å². The monoisotopic (exact) mass is 154 g/mol. The fourth-order valence-corrected chi connectivity index (χ4v) is 0. The van der Waals surface area contributed by atoms with Crippen LogP contribution in [-0.4, -0.2) is 8.32 Å². The van der Waals surface area contributed by atoms with Crippen LogP contribution in [-0.2, 0) is 0 Å². The van der Waals surface area contributed by atoms with Gasteiger partial charge in [-0.1, -0.05) is 38.9 Å².